The van der Waals surface area contributed by atoms with Gasteiger partial charge in [0.1, 0.15) is 0 Å². The van der Waals surface area contributed by atoms with Gasteiger partial charge in [-0.2, -0.15) is 0 Å². The highest BCUT2D eigenvalue weighted by Crippen LogP contribution is 1.95. The fourth-order valence-corrected chi connectivity index (χ4v) is 1.28. The summed E-state index contributed by atoms with van der Waals surface area (Å²) in [6.07, 6.45) is 3.88. The maximum atomic E-state index is 8.70. The zero-order chi connectivity index (χ0) is 13.0. The molecular formula is C13H32N2O. The molecule has 0 rings (SSSR count). The van der Waals surface area contributed by atoms with Crippen molar-refractivity contribution < 1.29 is 5.11 Å². The third-order valence-corrected chi connectivity index (χ3v) is 2.12. The summed E-state index contributed by atoms with van der Waals surface area (Å²) in [6, 6.07) is 0. The van der Waals surface area contributed by atoms with Crippen molar-refractivity contribution in [1.29, 1.82) is 0 Å². The SMILES string of the molecule is CC(C)(O)CN.CCCN(CCC)CCC. The average molecular weight is 232 g/mol. The second-order valence-electron chi connectivity index (χ2n) is 4.86. The van der Waals surface area contributed by atoms with E-state index in [1.54, 1.807) is 13.8 Å². The summed E-state index contributed by atoms with van der Waals surface area (Å²) < 4.78 is 0. The summed E-state index contributed by atoms with van der Waals surface area (Å²) >= 11 is 0. The van der Waals surface area contributed by atoms with Crippen molar-refractivity contribution >= 4 is 0 Å². The number of hydrogen-bond donors (Lipinski definition) is 2. The van der Waals surface area contributed by atoms with Crippen molar-refractivity contribution in [3.63, 3.8) is 0 Å². The van der Waals surface area contributed by atoms with Crippen LogP contribution in [0.3, 0.4) is 0 Å². The molecule has 0 saturated carbocycles. The molecule has 16 heavy (non-hydrogen) atoms. The van der Waals surface area contributed by atoms with Gasteiger partial charge in [0.25, 0.3) is 0 Å². The summed E-state index contributed by atoms with van der Waals surface area (Å²) in [6.45, 7) is 14.3. The Labute approximate surface area is 102 Å². The molecule has 0 aliphatic rings. The predicted molar refractivity (Wildman–Crippen MR) is 72.7 cm³/mol. The highest BCUT2D eigenvalue weighted by Gasteiger charge is 2.06. The van der Waals surface area contributed by atoms with Crippen molar-refractivity contribution in [3.05, 3.63) is 0 Å². The topological polar surface area (TPSA) is 49.5 Å². The lowest BCUT2D eigenvalue weighted by molar-refractivity contribution is 0.0898. The van der Waals surface area contributed by atoms with Crippen molar-refractivity contribution in [1.82, 2.24) is 4.90 Å². The third-order valence-electron chi connectivity index (χ3n) is 2.12. The quantitative estimate of drug-likeness (QED) is 0.708. The fourth-order valence-electron chi connectivity index (χ4n) is 1.28. The Hall–Kier alpha value is -0.120. The minimum atomic E-state index is -0.681. The minimum Gasteiger partial charge on any atom is -0.389 e. The Kier molecular flexibility index (Phi) is 13.0. The molecule has 3 N–H and O–H groups in total. The van der Waals surface area contributed by atoms with Crippen LogP contribution in [0, 0.1) is 0 Å². The van der Waals surface area contributed by atoms with Gasteiger partial charge in [0.2, 0.25) is 0 Å². The van der Waals surface area contributed by atoms with Crippen molar-refractivity contribution in [3.8, 4) is 0 Å². The molecule has 0 amide bonds. The van der Waals surface area contributed by atoms with Crippen molar-refractivity contribution in [2.24, 2.45) is 5.73 Å². The molecule has 0 aromatic heterocycles. The lowest BCUT2D eigenvalue weighted by Crippen LogP contribution is -2.29. The van der Waals surface area contributed by atoms with Crippen LogP contribution in [0.2, 0.25) is 0 Å². The summed E-state index contributed by atoms with van der Waals surface area (Å²) in [5.74, 6) is 0. The first kappa shape index (κ1) is 18.3. The van der Waals surface area contributed by atoms with Crippen LogP contribution >= 0.6 is 0 Å². The number of hydrogen-bond acceptors (Lipinski definition) is 3. The Bertz CT molecular complexity index is 118. The van der Waals surface area contributed by atoms with Crippen molar-refractivity contribution in [2.75, 3.05) is 26.2 Å². The fraction of sp³-hybridized carbons (Fsp3) is 1.00. The summed E-state index contributed by atoms with van der Waals surface area (Å²) in [5, 5.41) is 8.70. The van der Waals surface area contributed by atoms with Crippen LogP contribution in [0.25, 0.3) is 0 Å². The van der Waals surface area contributed by atoms with Crippen LogP contribution in [0.4, 0.5) is 0 Å². The van der Waals surface area contributed by atoms with E-state index in [-0.39, 0.29) is 0 Å². The van der Waals surface area contributed by atoms with Gasteiger partial charge in [-0.3, -0.25) is 0 Å². The lowest BCUT2D eigenvalue weighted by Gasteiger charge is -2.19. The van der Waals surface area contributed by atoms with Gasteiger partial charge >= 0.3 is 0 Å². The molecule has 100 valence electrons. The molecular weight excluding hydrogens is 200 g/mol. The van der Waals surface area contributed by atoms with Gasteiger partial charge in [0.15, 0.2) is 0 Å². The summed E-state index contributed by atoms with van der Waals surface area (Å²) in [5.41, 5.74) is 4.38. The van der Waals surface area contributed by atoms with Gasteiger partial charge in [0, 0.05) is 6.54 Å². The Morgan fingerprint density at radius 2 is 1.19 bits per heavy atom. The number of nitrogens with zero attached hydrogens (tertiary/aromatic N) is 1. The standard InChI is InChI=1S/C9H21N.C4H11NO/c1-4-7-10(8-5-2)9-6-3;1-4(2,6)3-5/h4-9H2,1-3H3;6H,3,5H2,1-2H3. The zero-order valence-corrected chi connectivity index (χ0v) is 11.9. The number of rotatable bonds is 7. The summed E-state index contributed by atoms with van der Waals surface area (Å²) in [4.78, 5) is 2.54. The van der Waals surface area contributed by atoms with E-state index in [0.717, 1.165) is 0 Å². The molecule has 0 aromatic rings. The van der Waals surface area contributed by atoms with E-state index in [9.17, 15) is 0 Å². The van der Waals surface area contributed by atoms with E-state index < -0.39 is 5.60 Å². The van der Waals surface area contributed by atoms with E-state index >= 15 is 0 Å². The molecule has 0 atom stereocenters. The molecule has 0 unspecified atom stereocenters. The van der Waals surface area contributed by atoms with Gasteiger partial charge in [-0.15, -0.1) is 0 Å². The molecule has 0 saturated heterocycles. The van der Waals surface area contributed by atoms with Crippen molar-refractivity contribution in [2.45, 2.75) is 59.5 Å². The molecule has 3 nitrogen and oxygen atoms in total. The molecule has 0 aliphatic carbocycles. The normalized spacial score (nSPS) is 11.2. The Balaban J connectivity index is 0. The number of aliphatic hydroxyl groups is 1. The molecule has 3 heteroatoms. The van der Waals surface area contributed by atoms with Crippen LogP contribution in [0.5, 0.6) is 0 Å². The molecule has 0 spiro atoms. The van der Waals surface area contributed by atoms with Crippen LogP contribution in [-0.2, 0) is 0 Å². The molecule has 0 bridgehead atoms. The maximum Gasteiger partial charge on any atom is 0.0713 e. The molecule has 0 fully saturated rings. The van der Waals surface area contributed by atoms with Gasteiger partial charge in [-0.05, 0) is 52.7 Å². The van der Waals surface area contributed by atoms with Crippen LogP contribution < -0.4 is 5.73 Å². The van der Waals surface area contributed by atoms with Crippen LogP contribution in [0.15, 0.2) is 0 Å². The van der Waals surface area contributed by atoms with E-state index in [1.165, 1.54) is 38.9 Å². The predicted octanol–water partition coefficient (Wildman–Crippen LogP) is 2.23. The Morgan fingerprint density at radius 1 is 0.938 bits per heavy atom. The molecule has 0 heterocycles. The Morgan fingerprint density at radius 3 is 1.31 bits per heavy atom. The molecule has 0 aromatic carbocycles. The van der Waals surface area contributed by atoms with Gasteiger partial charge in [-0.1, -0.05) is 20.8 Å². The lowest BCUT2D eigenvalue weighted by atomic mass is 10.1. The highest BCUT2D eigenvalue weighted by molar-refractivity contribution is 4.63. The monoisotopic (exact) mass is 232 g/mol. The van der Waals surface area contributed by atoms with Crippen LogP contribution in [0.1, 0.15) is 53.9 Å². The first-order valence-corrected chi connectivity index (χ1v) is 6.56. The van der Waals surface area contributed by atoms with Gasteiger partial charge < -0.3 is 15.7 Å². The van der Waals surface area contributed by atoms with E-state index in [4.69, 9.17) is 10.8 Å². The summed E-state index contributed by atoms with van der Waals surface area (Å²) in [7, 11) is 0. The first-order chi connectivity index (χ1) is 7.41. The second-order valence-corrected chi connectivity index (χ2v) is 4.86. The van der Waals surface area contributed by atoms with Gasteiger partial charge in [0.05, 0.1) is 5.60 Å². The average Bonchev–Trinajstić information content (AvgIpc) is 2.19. The third kappa shape index (κ3) is 16.3. The van der Waals surface area contributed by atoms with Gasteiger partial charge in [-0.25, -0.2) is 0 Å². The van der Waals surface area contributed by atoms with Crippen LogP contribution in [-0.4, -0.2) is 41.8 Å². The molecule has 0 radical (unpaired) electrons. The zero-order valence-electron chi connectivity index (χ0n) is 11.9. The largest absolute Gasteiger partial charge is 0.389 e. The van der Waals surface area contributed by atoms with E-state index in [0.29, 0.717) is 6.54 Å². The van der Waals surface area contributed by atoms with E-state index in [1.807, 2.05) is 0 Å². The smallest absolute Gasteiger partial charge is 0.0713 e. The molecule has 0 aliphatic heterocycles. The minimum absolute atomic E-state index is 0.326. The first-order valence-electron chi connectivity index (χ1n) is 6.56. The number of nitrogens with two attached hydrogens (primary N) is 1. The van der Waals surface area contributed by atoms with E-state index in [2.05, 4.69) is 25.7 Å². The highest BCUT2D eigenvalue weighted by atomic mass is 16.3. The second kappa shape index (κ2) is 11.4. The maximum absolute atomic E-state index is 8.70.